The third-order valence-electron chi connectivity index (χ3n) is 4.08. The summed E-state index contributed by atoms with van der Waals surface area (Å²) in [5.74, 6) is 1.16. The molecule has 0 amide bonds. The smallest absolute Gasteiger partial charge is 0.129 e. The van der Waals surface area contributed by atoms with Crippen LogP contribution in [0, 0.1) is 0 Å². The van der Waals surface area contributed by atoms with E-state index in [2.05, 4.69) is 34.3 Å². The van der Waals surface area contributed by atoms with Gasteiger partial charge in [0.1, 0.15) is 5.82 Å². The molecule has 1 saturated heterocycles. The van der Waals surface area contributed by atoms with Gasteiger partial charge in [0.25, 0.3) is 0 Å². The standard InChI is InChI=1S/C15H23N3/c1-12-4-2-3-9-18(12)15-10-13(7-8-16-15)11-17-14-5-6-14/h7-8,10,12,14,17H,2-6,9,11H2,1H3. The number of aromatic nitrogens is 1. The summed E-state index contributed by atoms with van der Waals surface area (Å²) >= 11 is 0. The Balaban J connectivity index is 1.68. The van der Waals surface area contributed by atoms with Crippen molar-refractivity contribution in [3.8, 4) is 0 Å². The highest BCUT2D eigenvalue weighted by atomic mass is 15.2. The molecule has 0 spiro atoms. The lowest BCUT2D eigenvalue weighted by Gasteiger charge is -2.34. The minimum atomic E-state index is 0.637. The Bertz CT molecular complexity index is 400. The van der Waals surface area contributed by atoms with Crippen molar-refractivity contribution >= 4 is 5.82 Å². The van der Waals surface area contributed by atoms with E-state index in [1.165, 1.54) is 37.7 Å². The summed E-state index contributed by atoms with van der Waals surface area (Å²) in [7, 11) is 0. The Hall–Kier alpha value is -1.09. The van der Waals surface area contributed by atoms with Crippen molar-refractivity contribution in [2.24, 2.45) is 0 Å². The Morgan fingerprint density at radius 2 is 2.22 bits per heavy atom. The summed E-state index contributed by atoms with van der Waals surface area (Å²) in [5, 5.41) is 3.57. The largest absolute Gasteiger partial charge is 0.354 e. The summed E-state index contributed by atoms with van der Waals surface area (Å²) in [6.45, 7) is 4.46. The molecule has 3 rings (SSSR count). The van der Waals surface area contributed by atoms with Gasteiger partial charge in [0, 0.05) is 31.4 Å². The number of nitrogens with zero attached hydrogens (tertiary/aromatic N) is 2. The van der Waals surface area contributed by atoms with Crippen LogP contribution in [-0.2, 0) is 6.54 Å². The van der Waals surface area contributed by atoms with Crippen LogP contribution in [0.25, 0.3) is 0 Å². The summed E-state index contributed by atoms with van der Waals surface area (Å²) in [4.78, 5) is 7.02. The summed E-state index contributed by atoms with van der Waals surface area (Å²) in [5.41, 5.74) is 1.37. The third-order valence-corrected chi connectivity index (χ3v) is 4.08. The van der Waals surface area contributed by atoms with Gasteiger partial charge in [-0.2, -0.15) is 0 Å². The maximum Gasteiger partial charge on any atom is 0.129 e. The number of anilines is 1. The SMILES string of the molecule is CC1CCCCN1c1cc(CNC2CC2)ccn1. The molecule has 18 heavy (non-hydrogen) atoms. The van der Waals surface area contributed by atoms with Crippen LogP contribution < -0.4 is 10.2 Å². The van der Waals surface area contributed by atoms with Gasteiger partial charge in [-0.1, -0.05) is 0 Å². The first-order chi connectivity index (χ1) is 8.83. The van der Waals surface area contributed by atoms with Gasteiger partial charge in [-0.15, -0.1) is 0 Å². The zero-order valence-electron chi connectivity index (χ0n) is 11.2. The number of nitrogens with one attached hydrogen (secondary N) is 1. The minimum absolute atomic E-state index is 0.637. The van der Waals surface area contributed by atoms with Crippen molar-refractivity contribution in [2.75, 3.05) is 11.4 Å². The Morgan fingerprint density at radius 3 is 3.00 bits per heavy atom. The summed E-state index contributed by atoms with van der Waals surface area (Å²) in [6.07, 6.45) is 8.62. The van der Waals surface area contributed by atoms with Crippen LogP contribution in [0.15, 0.2) is 18.3 Å². The predicted octanol–water partition coefficient (Wildman–Crippen LogP) is 2.71. The van der Waals surface area contributed by atoms with Crippen LogP contribution in [0.5, 0.6) is 0 Å². The minimum Gasteiger partial charge on any atom is -0.354 e. The van der Waals surface area contributed by atoms with Crippen molar-refractivity contribution in [1.29, 1.82) is 0 Å². The van der Waals surface area contributed by atoms with Crippen LogP contribution in [-0.4, -0.2) is 23.6 Å². The first kappa shape index (κ1) is 12.0. The van der Waals surface area contributed by atoms with Crippen LogP contribution in [0.2, 0.25) is 0 Å². The fourth-order valence-electron chi connectivity index (χ4n) is 2.72. The molecule has 3 nitrogen and oxygen atoms in total. The number of piperidine rings is 1. The van der Waals surface area contributed by atoms with Gasteiger partial charge < -0.3 is 10.2 Å². The van der Waals surface area contributed by atoms with E-state index in [4.69, 9.17) is 0 Å². The molecular weight excluding hydrogens is 222 g/mol. The van der Waals surface area contributed by atoms with E-state index < -0.39 is 0 Å². The molecule has 98 valence electrons. The Kier molecular flexibility index (Phi) is 3.50. The van der Waals surface area contributed by atoms with E-state index in [1.807, 2.05) is 6.20 Å². The van der Waals surface area contributed by atoms with Crippen LogP contribution in [0.3, 0.4) is 0 Å². The molecule has 2 aliphatic rings. The molecule has 1 aromatic heterocycles. The number of rotatable bonds is 4. The zero-order chi connectivity index (χ0) is 12.4. The van der Waals surface area contributed by atoms with Crippen molar-refractivity contribution < 1.29 is 0 Å². The molecule has 0 radical (unpaired) electrons. The molecule has 3 heteroatoms. The van der Waals surface area contributed by atoms with Crippen LogP contribution >= 0.6 is 0 Å². The molecule has 1 aromatic rings. The van der Waals surface area contributed by atoms with Crippen LogP contribution in [0.4, 0.5) is 5.82 Å². The van der Waals surface area contributed by atoms with E-state index in [1.54, 1.807) is 0 Å². The predicted molar refractivity (Wildman–Crippen MR) is 74.8 cm³/mol. The molecule has 1 saturated carbocycles. The molecule has 0 bridgehead atoms. The maximum atomic E-state index is 4.55. The van der Waals surface area contributed by atoms with Gasteiger partial charge in [-0.3, -0.25) is 0 Å². The molecule has 1 aliphatic heterocycles. The Labute approximate surface area is 110 Å². The molecule has 1 N–H and O–H groups in total. The van der Waals surface area contributed by atoms with E-state index in [0.717, 1.165) is 24.9 Å². The van der Waals surface area contributed by atoms with Gasteiger partial charge in [0.15, 0.2) is 0 Å². The Morgan fingerprint density at radius 1 is 1.33 bits per heavy atom. The molecule has 1 unspecified atom stereocenters. The number of hydrogen-bond donors (Lipinski definition) is 1. The van der Waals surface area contributed by atoms with Gasteiger partial charge in [0.05, 0.1) is 0 Å². The van der Waals surface area contributed by atoms with E-state index >= 15 is 0 Å². The van der Waals surface area contributed by atoms with E-state index in [0.29, 0.717) is 6.04 Å². The lowest BCUT2D eigenvalue weighted by atomic mass is 10.0. The molecular formula is C15H23N3. The zero-order valence-corrected chi connectivity index (χ0v) is 11.2. The molecule has 1 aliphatic carbocycles. The normalized spacial score (nSPS) is 24.3. The first-order valence-corrected chi connectivity index (χ1v) is 7.28. The van der Waals surface area contributed by atoms with Crippen LogP contribution in [0.1, 0.15) is 44.6 Å². The second-order valence-electron chi connectivity index (χ2n) is 5.72. The second-order valence-corrected chi connectivity index (χ2v) is 5.72. The maximum absolute atomic E-state index is 4.55. The summed E-state index contributed by atoms with van der Waals surface area (Å²) in [6, 6.07) is 5.80. The number of pyridine rings is 1. The highest BCUT2D eigenvalue weighted by Crippen LogP contribution is 2.24. The van der Waals surface area contributed by atoms with Crippen molar-refractivity contribution in [3.63, 3.8) is 0 Å². The average Bonchev–Trinajstić information content (AvgIpc) is 3.21. The van der Waals surface area contributed by atoms with Crippen molar-refractivity contribution in [1.82, 2.24) is 10.3 Å². The van der Waals surface area contributed by atoms with Crippen molar-refractivity contribution in [2.45, 2.75) is 57.7 Å². The first-order valence-electron chi connectivity index (χ1n) is 7.28. The highest BCUT2D eigenvalue weighted by Gasteiger charge is 2.21. The fraction of sp³-hybridized carbons (Fsp3) is 0.667. The van der Waals surface area contributed by atoms with Gasteiger partial charge in [-0.25, -0.2) is 4.98 Å². The molecule has 1 atom stereocenters. The average molecular weight is 245 g/mol. The van der Waals surface area contributed by atoms with Gasteiger partial charge in [-0.05, 0) is 56.7 Å². The van der Waals surface area contributed by atoms with Gasteiger partial charge in [0.2, 0.25) is 0 Å². The topological polar surface area (TPSA) is 28.2 Å². The molecule has 0 aromatic carbocycles. The number of hydrogen-bond acceptors (Lipinski definition) is 3. The quantitative estimate of drug-likeness (QED) is 0.884. The van der Waals surface area contributed by atoms with E-state index in [-0.39, 0.29) is 0 Å². The van der Waals surface area contributed by atoms with E-state index in [9.17, 15) is 0 Å². The highest BCUT2D eigenvalue weighted by molar-refractivity contribution is 5.42. The second kappa shape index (κ2) is 5.27. The molecule has 2 fully saturated rings. The van der Waals surface area contributed by atoms with Crippen molar-refractivity contribution in [3.05, 3.63) is 23.9 Å². The third kappa shape index (κ3) is 2.83. The molecule has 2 heterocycles. The lowest BCUT2D eigenvalue weighted by Crippen LogP contribution is -2.38. The fourth-order valence-corrected chi connectivity index (χ4v) is 2.72. The van der Waals surface area contributed by atoms with Gasteiger partial charge >= 0.3 is 0 Å². The monoisotopic (exact) mass is 245 g/mol. The summed E-state index contributed by atoms with van der Waals surface area (Å²) < 4.78 is 0. The lowest BCUT2D eigenvalue weighted by molar-refractivity contribution is 0.481.